The van der Waals surface area contributed by atoms with Gasteiger partial charge in [0.25, 0.3) is 0 Å². The second kappa shape index (κ2) is 4.46. The fraction of sp³-hybridized carbons (Fsp3) is 0.917. The number of nitrogens with zero attached hydrogens (tertiary/aromatic N) is 2. The Balaban J connectivity index is 1.89. The van der Waals surface area contributed by atoms with E-state index in [4.69, 9.17) is 4.74 Å². The molecule has 0 aromatic carbocycles. The Morgan fingerprint density at radius 2 is 1.94 bits per heavy atom. The molecule has 0 bridgehead atoms. The molecule has 0 aromatic heterocycles. The summed E-state index contributed by atoms with van der Waals surface area (Å²) in [7, 11) is 0. The fourth-order valence-corrected chi connectivity index (χ4v) is 2.28. The molecule has 0 unspecified atom stereocenters. The van der Waals surface area contributed by atoms with Crippen LogP contribution in [0.4, 0.5) is 4.79 Å². The van der Waals surface area contributed by atoms with E-state index < -0.39 is 11.7 Å². The molecule has 2 fully saturated rings. The van der Waals surface area contributed by atoms with Crippen LogP contribution in [0.2, 0.25) is 0 Å². The summed E-state index contributed by atoms with van der Waals surface area (Å²) < 4.78 is 5.31. The van der Waals surface area contributed by atoms with E-state index in [0.717, 1.165) is 13.1 Å². The molecule has 2 saturated heterocycles. The van der Waals surface area contributed by atoms with Crippen LogP contribution in [0, 0.1) is 0 Å². The number of ether oxygens (including phenoxy) is 1. The molecule has 2 rings (SSSR count). The van der Waals surface area contributed by atoms with Crippen LogP contribution in [0.1, 0.15) is 27.2 Å². The average molecular weight is 242 g/mol. The lowest BCUT2D eigenvalue weighted by atomic mass is 10.1. The standard InChI is InChI=1S/C12H22N2O3/c1-12(2,3)17-11(16)14-7-9(10(15)8-14)13-5-4-6-13/h9-10,15H,4-8H2,1-3H3/t9-,10-/m1/s1. The average Bonchev–Trinajstić information content (AvgIpc) is 2.42. The van der Waals surface area contributed by atoms with Crippen LogP contribution in [-0.4, -0.2) is 64.9 Å². The van der Waals surface area contributed by atoms with Crippen LogP contribution in [-0.2, 0) is 4.74 Å². The number of hydrogen-bond acceptors (Lipinski definition) is 4. The van der Waals surface area contributed by atoms with Gasteiger partial charge in [-0.2, -0.15) is 0 Å². The molecule has 2 aliphatic heterocycles. The van der Waals surface area contributed by atoms with Crippen LogP contribution in [0.25, 0.3) is 0 Å². The molecule has 2 aliphatic rings. The van der Waals surface area contributed by atoms with Gasteiger partial charge in [-0.3, -0.25) is 4.90 Å². The third-order valence-electron chi connectivity index (χ3n) is 3.27. The van der Waals surface area contributed by atoms with Gasteiger partial charge < -0.3 is 14.7 Å². The molecule has 2 heterocycles. The fourth-order valence-electron chi connectivity index (χ4n) is 2.28. The summed E-state index contributed by atoms with van der Waals surface area (Å²) in [5.41, 5.74) is -0.475. The van der Waals surface area contributed by atoms with Gasteiger partial charge in [-0.05, 0) is 40.3 Å². The number of β-amino-alcohol motifs (C(OH)–C–C–N with tert-alkyl or cyclic N) is 1. The number of aliphatic hydroxyl groups is 1. The van der Waals surface area contributed by atoms with Gasteiger partial charge in [0.1, 0.15) is 5.60 Å². The molecule has 5 nitrogen and oxygen atoms in total. The third kappa shape index (κ3) is 2.90. The predicted molar refractivity (Wildman–Crippen MR) is 63.8 cm³/mol. The van der Waals surface area contributed by atoms with Crippen LogP contribution in [0.15, 0.2) is 0 Å². The first-order valence-corrected chi connectivity index (χ1v) is 6.27. The Kier molecular flexibility index (Phi) is 3.32. The van der Waals surface area contributed by atoms with E-state index in [1.54, 1.807) is 4.90 Å². The maximum atomic E-state index is 11.9. The molecule has 1 N–H and O–H groups in total. The van der Waals surface area contributed by atoms with Gasteiger partial charge in [0, 0.05) is 6.54 Å². The second-order valence-corrected chi connectivity index (χ2v) is 5.91. The van der Waals surface area contributed by atoms with Crippen molar-refractivity contribution < 1.29 is 14.6 Å². The highest BCUT2D eigenvalue weighted by molar-refractivity contribution is 5.68. The molecule has 0 spiro atoms. The Hall–Kier alpha value is -0.810. The van der Waals surface area contributed by atoms with Gasteiger partial charge in [-0.25, -0.2) is 4.79 Å². The van der Waals surface area contributed by atoms with Crippen molar-refractivity contribution in [3.05, 3.63) is 0 Å². The first-order valence-electron chi connectivity index (χ1n) is 6.27. The molecular formula is C12H22N2O3. The summed E-state index contributed by atoms with van der Waals surface area (Å²) in [6.07, 6.45) is 0.428. The monoisotopic (exact) mass is 242 g/mol. The minimum Gasteiger partial charge on any atom is -0.444 e. The summed E-state index contributed by atoms with van der Waals surface area (Å²) in [6, 6.07) is 0.0938. The van der Waals surface area contributed by atoms with Gasteiger partial charge in [0.2, 0.25) is 0 Å². The predicted octanol–water partition coefficient (Wildman–Crippen LogP) is 0.672. The summed E-state index contributed by atoms with van der Waals surface area (Å²) in [4.78, 5) is 15.7. The van der Waals surface area contributed by atoms with Crippen molar-refractivity contribution in [2.24, 2.45) is 0 Å². The van der Waals surface area contributed by atoms with Gasteiger partial charge in [0.15, 0.2) is 0 Å². The zero-order valence-corrected chi connectivity index (χ0v) is 10.8. The van der Waals surface area contributed by atoms with Gasteiger partial charge >= 0.3 is 6.09 Å². The number of carbonyl (C=O) groups excluding carboxylic acids is 1. The van der Waals surface area contributed by atoms with E-state index in [-0.39, 0.29) is 12.1 Å². The summed E-state index contributed by atoms with van der Waals surface area (Å²) >= 11 is 0. The van der Waals surface area contributed by atoms with Gasteiger partial charge in [0.05, 0.1) is 18.7 Å². The first-order chi connectivity index (χ1) is 7.87. The van der Waals surface area contributed by atoms with Crippen LogP contribution < -0.4 is 0 Å². The van der Waals surface area contributed by atoms with E-state index in [1.807, 2.05) is 20.8 Å². The molecule has 0 aliphatic carbocycles. The highest BCUT2D eigenvalue weighted by atomic mass is 16.6. The van der Waals surface area contributed by atoms with Crippen LogP contribution >= 0.6 is 0 Å². The second-order valence-electron chi connectivity index (χ2n) is 5.91. The van der Waals surface area contributed by atoms with E-state index in [0.29, 0.717) is 13.1 Å². The summed E-state index contributed by atoms with van der Waals surface area (Å²) in [5, 5.41) is 9.95. The number of likely N-dealkylation sites (tertiary alicyclic amines) is 2. The number of carbonyl (C=O) groups is 1. The molecule has 2 atom stereocenters. The minimum atomic E-state index is -0.475. The number of amides is 1. The van der Waals surface area contributed by atoms with E-state index in [2.05, 4.69) is 4.90 Å². The molecule has 98 valence electrons. The largest absolute Gasteiger partial charge is 0.444 e. The Labute approximate surface area is 102 Å². The molecule has 0 aromatic rings. The smallest absolute Gasteiger partial charge is 0.410 e. The lowest BCUT2D eigenvalue weighted by Crippen LogP contribution is -2.50. The zero-order valence-electron chi connectivity index (χ0n) is 10.8. The van der Waals surface area contributed by atoms with E-state index in [9.17, 15) is 9.90 Å². The highest BCUT2D eigenvalue weighted by Gasteiger charge is 2.40. The maximum Gasteiger partial charge on any atom is 0.410 e. The van der Waals surface area contributed by atoms with Crippen molar-refractivity contribution >= 4 is 6.09 Å². The lowest BCUT2D eigenvalue weighted by Gasteiger charge is -2.37. The van der Waals surface area contributed by atoms with Crippen LogP contribution in [0.3, 0.4) is 0 Å². The molecule has 17 heavy (non-hydrogen) atoms. The third-order valence-corrected chi connectivity index (χ3v) is 3.27. The number of aliphatic hydroxyl groups excluding tert-OH is 1. The molecule has 0 radical (unpaired) electrons. The molecular weight excluding hydrogens is 220 g/mol. The normalized spacial score (nSPS) is 30.2. The topological polar surface area (TPSA) is 53.0 Å². The molecule has 0 saturated carbocycles. The Bertz CT molecular complexity index is 297. The minimum absolute atomic E-state index is 0.0938. The molecule has 5 heteroatoms. The number of hydrogen-bond donors (Lipinski definition) is 1. The van der Waals surface area contributed by atoms with Crippen molar-refractivity contribution in [3.63, 3.8) is 0 Å². The van der Waals surface area contributed by atoms with E-state index >= 15 is 0 Å². The van der Waals surface area contributed by atoms with Gasteiger partial charge in [-0.15, -0.1) is 0 Å². The van der Waals surface area contributed by atoms with Crippen molar-refractivity contribution in [2.75, 3.05) is 26.2 Å². The SMILES string of the molecule is CC(C)(C)OC(=O)N1C[C@@H](O)[C@H](N2CCC2)C1. The summed E-state index contributed by atoms with van der Waals surface area (Å²) in [6.45, 7) is 8.58. The van der Waals surface area contributed by atoms with Crippen molar-refractivity contribution in [1.82, 2.24) is 9.80 Å². The summed E-state index contributed by atoms with van der Waals surface area (Å²) in [5.74, 6) is 0. The van der Waals surface area contributed by atoms with Crippen molar-refractivity contribution in [2.45, 2.75) is 44.9 Å². The Morgan fingerprint density at radius 1 is 1.29 bits per heavy atom. The number of rotatable bonds is 1. The lowest BCUT2D eigenvalue weighted by molar-refractivity contribution is 0.0267. The molecule has 1 amide bonds. The highest BCUT2D eigenvalue weighted by Crippen LogP contribution is 2.22. The quantitative estimate of drug-likeness (QED) is 0.734. The maximum absolute atomic E-state index is 11.9. The van der Waals surface area contributed by atoms with Crippen molar-refractivity contribution in [3.8, 4) is 0 Å². The van der Waals surface area contributed by atoms with Gasteiger partial charge in [-0.1, -0.05) is 0 Å². The Morgan fingerprint density at radius 3 is 2.41 bits per heavy atom. The van der Waals surface area contributed by atoms with E-state index in [1.165, 1.54) is 6.42 Å². The van der Waals surface area contributed by atoms with Crippen LogP contribution in [0.5, 0.6) is 0 Å². The van der Waals surface area contributed by atoms with Crippen molar-refractivity contribution in [1.29, 1.82) is 0 Å². The first kappa shape index (κ1) is 12.6. The zero-order chi connectivity index (χ0) is 12.6.